The number of anilines is 1. The van der Waals surface area contributed by atoms with Gasteiger partial charge in [0.15, 0.2) is 0 Å². The van der Waals surface area contributed by atoms with Crippen molar-refractivity contribution in [1.29, 1.82) is 5.26 Å². The van der Waals surface area contributed by atoms with E-state index in [1.165, 1.54) is 12.0 Å². The molecule has 41 heavy (non-hydrogen) atoms. The molecule has 0 spiro atoms. The third-order valence-corrected chi connectivity index (χ3v) is 8.75. The predicted octanol–water partition coefficient (Wildman–Crippen LogP) is 3.51. The molecule has 4 fully saturated rings. The van der Waals surface area contributed by atoms with E-state index >= 15 is 0 Å². The Morgan fingerprint density at radius 2 is 1.90 bits per heavy atom. The highest BCUT2D eigenvalue weighted by atomic mass is 16.5. The Morgan fingerprint density at radius 3 is 2.61 bits per heavy atom. The number of nitrogens with zero attached hydrogens (tertiary/aromatic N) is 7. The van der Waals surface area contributed by atoms with Crippen molar-refractivity contribution in [3.63, 3.8) is 0 Å². The largest absolute Gasteiger partial charge is 0.492 e. The van der Waals surface area contributed by atoms with Crippen LogP contribution in [0.15, 0.2) is 55.1 Å². The number of ether oxygens (including phenoxy) is 2. The molecule has 0 saturated carbocycles. The summed E-state index contributed by atoms with van der Waals surface area (Å²) in [6.07, 6.45) is 10.8. The lowest BCUT2D eigenvalue weighted by Crippen LogP contribution is -2.68. The maximum atomic E-state index is 9.74. The van der Waals surface area contributed by atoms with Crippen molar-refractivity contribution in [2.75, 3.05) is 44.8 Å². The lowest BCUT2D eigenvalue weighted by Gasteiger charge is -2.56. The molecule has 0 aliphatic carbocycles. The molecule has 8 heterocycles. The van der Waals surface area contributed by atoms with Gasteiger partial charge in [0.1, 0.15) is 17.6 Å². The Balaban J connectivity index is 1.07. The van der Waals surface area contributed by atoms with Gasteiger partial charge in [-0.05, 0) is 62.0 Å². The molecule has 4 aromatic heterocycles. The Labute approximate surface area is 239 Å². The summed E-state index contributed by atoms with van der Waals surface area (Å²) >= 11 is 0. The number of piperidine rings is 2. The molecule has 2 atom stereocenters. The Kier molecular flexibility index (Phi) is 6.90. The molecule has 1 N–H and O–H groups in total. The quantitative estimate of drug-likeness (QED) is 0.353. The van der Waals surface area contributed by atoms with E-state index < -0.39 is 0 Å². The number of methoxy groups -OCH3 is 1. The fourth-order valence-electron chi connectivity index (χ4n) is 6.44. The molecule has 4 aliphatic heterocycles. The number of nitrogens with one attached hydrogen (secondary N) is 1. The van der Waals surface area contributed by atoms with Gasteiger partial charge in [0, 0.05) is 61.3 Å². The highest BCUT2D eigenvalue weighted by molar-refractivity contribution is 5.85. The summed E-state index contributed by atoms with van der Waals surface area (Å²) in [6, 6.07) is 13.6. The summed E-state index contributed by atoms with van der Waals surface area (Å²) in [5.41, 5.74) is 4.37. The van der Waals surface area contributed by atoms with Crippen LogP contribution in [0.2, 0.25) is 0 Å². The fourth-order valence-corrected chi connectivity index (χ4v) is 6.44. The fraction of sp³-hybridized carbons (Fsp3) is 0.419. The van der Waals surface area contributed by atoms with Gasteiger partial charge in [0.25, 0.3) is 0 Å². The number of hydrogen-bond donors (Lipinski definition) is 1. The second-order valence-corrected chi connectivity index (χ2v) is 11.3. The van der Waals surface area contributed by atoms with Crippen LogP contribution in [-0.2, 0) is 6.54 Å². The van der Waals surface area contributed by atoms with E-state index in [4.69, 9.17) is 14.5 Å². The van der Waals surface area contributed by atoms with Gasteiger partial charge in [-0.3, -0.25) is 4.90 Å². The summed E-state index contributed by atoms with van der Waals surface area (Å²) in [4.78, 5) is 14.2. The first-order chi connectivity index (χ1) is 20.2. The zero-order valence-electron chi connectivity index (χ0n) is 23.2. The molecular weight excluding hydrogens is 516 g/mol. The third kappa shape index (κ3) is 5.07. The lowest BCUT2D eigenvalue weighted by molar-refractivity contribution is -0.00876. The first kappa shape index (κ1) is 25.7. The molecule has 4 saturated heterocycles. The average Bonchev–Trinajstić information content (AvgIpc) is 3.46. The number of aromatic nitrogens is 4. The standard InChI is InChI=1S/C31H34N8O2/c1-40-30-5-2-22(13-35-30)16-38-25-10-26(38)18-37(17-25)29-4-3-23(14-34-29)28-11-27(41-20-21-6-8-33-9-7-21)19-39-31(28)24(12-32)15-36-39/h2-5,11,13-15,19,21,25-26,33H,6-10,16-18,20H2,1H3. The minimum absolute atomic E-state index is 0.510. The maximum Gasteiger partial charge on any atom is 0.212 e. The van der Waals surface area contributed by atoms with Crippen molar-refractivity contribution in [3.8, 4) is 28.8 Å². The zero-order valence-corrected chi connectivity index (χ0v) is 23.2. The van der Waals surface area contributed by atoms with E-state index in [0.717, 1.165) is 73.8 Å². The van der Waals surface area contributed by atoms with Crippen LogP contribution < -0.4 is 19.7 Å². The molecule has 10 nitrogen and oxygen atoms in total. The molecule has 2 bridgehead atoms. The molecule has 210 valence electrons. The lowest BCUT2D eigenvalue weighted by atomic mass is 9.87. The first-order valence-corrected chi connectivity index (χ1v) is 14.4. The van der Waals surface area contributed by atoms with E-state index in [2.05, 4.69) is 49.5 Å². The summed E-state index contributed by atoms with van der Waals surface area (Å²) in [5.74, 6) is 2.93. The minimum Gasteiger partial charge on any atom is -0.492 e. The number of fused-ring (bicyclic) bond motifs is 3. The van der Waals surface area contributed by atoms with E-state index in [9.17, 15) is 5.26 Å². The number of pyridine rings is 3. The van der Waals surface area contributed by atoms with Gasteiger partial charge in [0.05, 0.1) is 37.2 Å². The number of piperazine rings is 1. The molecule has 0 amide bonds. The summed E-state index contributed by atoms with van der Waals surface area (Å²) in [7, 11) is 1.64. The number of nitriles is 1. The van der Waals surface area contributed by atoms with Crippen molar-refractivity contribution in [3.05, 3.63) is 66.2 Å². The maximum absolute atomic E-state index is 9.74. The normalized spacial score (nSPS) is 20.9. The molecule has 0 aromatic carbocycles. The van der Waals surface area contributed by atoms with Crippen LogP contribution in [0.4, 0.5) is 5.82 Å². The monoisotopic (exact) mass is 550 g/mol. The van der Waals surface area contributed by atoms with E-state index in [1.54, 1.807) is 17.8 Å². The van der Waals surface area contributed by atoms with Gasteiger partial charge in [-0.25, -0.2) is 14.5 Å². The van der Waals surface area contributed by atoms with Crippen LogP contribution in [0.25, 0.3) is 16.6 Å². The SMILES string of the molecule is COc1ccc(CN2C3CC2CN(c2ccc(-c4cc(OCC5CCNCC5)cn5ncc(C#N)c45)cn2)C3)cn1. The van der Waals surface area contributed by atoms with Gasteiger partial charge in [-0.1, -0.05) is 6.07 Å². The van der Waals surface area contributed by atoms with Crippen LogP contribution >= 0.6 is 0 Å². The third-order valence-electron chi connectivity index (χ3n) is 8.75. The number of rotatable bonds is 8. The highest BCUT2D eigenvalue weighted by Crippen LogP contribution is 2.36. The van der Waals surface area contributed by atoms with Crippen molar-refractivity contribution in [1.82, 2.24) is 29.8 Å². The molecule has 4 aromatic rings. The minimum atomic E-state index is 0.510. The Hall–Kier alpha value is -4.20. The van der Waals surface area contributed by atoms with Gasteiger partial charge in [-0.2, -0.15) is 10.4 Å². The zero-order chi connectivity index (χ0) is 27.8. The van der Waals surface area contributed by atoms with Gasteiger partial charge in [-0.15, -0.1) is 0 Å². The van der Waals surface area contributed by atoms with Gasteiger partial charge < -0.3 is 19.7 Å². The molecule has 0 radical (unpaired) electrons. The Bertz CT molecular complexity index is 1540. The van der Waals surface area contributed by atoms with Crippen molar-refractivity contribution in [2.45, 2.75) is 37.9 Å². The smallest absolute Gasteiger partial charge is 0.212 e. The molecule has 8 rings (SSSR count). The first-order valence-electron chi connectivity index (χ1n) is 14.4. The van der Waals surface area contributed by atoms with Crippen molar-refractivity contribution >= 4 is 11.3 Å². The number of hydrogen-bond acceptors (Lipinski definition) is 9. The van der Waals surface area contributed by atoms with Gasteiger partial charge >= 0.3 is 0 Å². The van der Waals surface area contributed by atoms with E-state index in [1.807, 2.05) is 30.7 Å². The molecule has 4 aliphatic rings. The van der Waals surface area contributed by atoms with Crippen LogP contribution in [0.1, 0.15) is 30.4 Å². The van der Waals surface area contributed by atoms with Crippen LogP contribution in [-0.4, -0.2) is 76.5 Å². The second-order valence-electron chi connectivity index (χ2n) is 11.3. The van der Waals surface area contributed by atoms with Crippen LogP contribution in [0, 0.1) is 17.2 Å². The van der Waals surface area contributed by atoms with E-state index in [0.29, 0.717) is 36.1 Å². The van der Waals surface area contributed by atoms with Crippen molar-refractivity contribution in [2.24, 2.45) is 5.92 Å². The average molecular weight is 551 g/mol. The summed E-state index contributed by atoms with van der Waals surface area (Å²) in [6.45, 7) is 5.58. The molecular formula is C31H34N8O2. The molecule has 2 unspecified atom stereocenters. The summed E-state index contributed by atoms with van der Waals surface area (Å²) in [5, 5.41) is 17.6. The highest BCUT2D eigenvalue weighted by Gasteiger charge is 2.44. The van der Waals surface area contributed by atoms with Crippen LogP contribution in [0.5, 0.6) is 11.6 Å². The van der Waals surface area contributed by atoms with Crippen LogP contribution in [0.3, 0.4) is 0 Å². The second kappa shape index (κ2) is 11.0. The van der Waals surface area contributed by atoms with Crippen molar-refractivity contribution < 1.29 is 9.47 Å². The van der Waals surface area contributed by atoms with Gasteiger partial charge in [0.2, 0.25) is 5.88 Å². The topological polar surface area (TPSA) is 104 Å². The Morgan fingerprint density at radius 1 is 1.05 bits per heavy atom. The predicted molar refractivity (Wildman–Crippen MR) is 155 cm³/mol. The van der Waals surface area contributed by atoms with E-state index in [-0.39, 0.29) is 0 Å². The summed E-state index contributed by atoms with van der Waals surface area (Å²) < 4.78 is 13.2. The molecule has 10 heteroatoms.